The summed E-state index contributed by atoms with van der Waals surface area (Å²) < 4.78 is 0.666. The molecule has 8 heteroatoms. The third kappa shape index (κ3) is 4.13. The van der Waals surface area contributed by atoms with Crippen molar-refractivity contribution in [2.75, 3.05) is 0 Å². The van der Waals surface area contributed by atoms with Gasteiger partial charge in [-0.2, -0.15) is 0 Å². The molecule has 1 rings (SSSR count). The van der Waals surface area contributed by atoms with Gasteiger partial charge in [0, 0.05) is 10.7 Å². The largest absolute Gasteiger partial charge is 0.481 e. The molecule has 0 fully saturated rings. The topological polar surface area (TPSA) is 117 Å². The molecule has 96 valence electrons. The minimum atomic E-state index is -1.49. The number of hydrogen-bond donors (Lipinski definition) is 3. The highest BCUT2D eigenvalue weighted by Gasteiger charge is 2.23. The number of aromatic nitrogens is 1. The summed E-state index contributed by atoms with van der Waals surface area (Å²) in [7, 11) is 0. The van der Waals surface area contributed by atoms with Crippen molar-refractivity contribution in [2.24, 2.45) is 0 Å². The van der Waals surface area contributed by atoms with Gasteiger partial charge in [-0.25, -0.2) is 9.78 Å². The number of hydrogen-bond acceptors (Lipinski definition) is 4. The molecule has 1 aromatic rings. The number of amides is 1. The van der Waals surface area contributed by atoms with E-state index in [2.05, 4.69) is 26.2 Å². The maximum atomic E-state index is 11.6. The van der Waals surface area contributed by atoms with Crippen LogP contribution in [0.1, 0.15) is 16.9 Å². The van der Waals surface area contributed by atoms with Gasteiger partial charge in [-0.15, -0.1) is 0 Å². The minimum absolute atomic E-state index is 0.00911. The van der Waals surface area contributed by atoms with E-state index in [-0.39, 0.29) is 5.69 Å². The standard InChI is InChI=1S/C10H9BrN2O5/c11-5-1-2-6(12-4-5)9(16)13-7(10(17)18)3-8(14)15/h1-2,4,7H,3H2,(H,13,16)(H,14,15)(H,17,18)/t7-/m1/s1. The van der Waals surface area contributed by atoms with Crippen molar-refractivity contribution in [2.45, 2.75) is 12.5 Å². The van der Waals surface area contributed by atoms with E-state index in [4.69, 9.17) is 10.2 Å². The Morgan fingerprint density at radius 1 is 1.33 bits per heavy atom. The van der Waals surface area contributed by atoms with Gasteiger partial charge in [-0.05, 0) is 28.1 Å². The molecular formula is C10H9BrN2O5. The molecule has 1 atom stereocenters. The van der Waals surface area contributed by atoms with Gasteiger partial charge in [0.25, 0.3) is 5.91 Å². The normalized spacial score (nSPS) is 11.6. The Morgan fingerprint density at radius 3 is 2.44 bits per heavy atom. The van der Waals surface area contributed by atoms with Crippen LogP contribution in [0.3, 0.4) is 0 Å². The summed E-state index contributed by atoms with van der Waals surface area (Å²) in [5, 5.41) is 19.4. The van der Waals surface area contributed by atoms with Gasteiger partial charge in [-0.1, -0.05) is 0 Å². The van der Waals surface area contributed by atoms with Crippen molar-refractivity contribution in [3.8, 4) is 0 Å². The second kappa shape index (κ2) is 6.10. The Hall–Kier alpha value is -1.96. The second-order valence-corrected chi connectivity index (χ2v) is 4.24. The molecule has 0 unspecified atom stereocenters. The fourth-order valence-corrected chi connectivity index (χ4v) is 1.35. The maximum absolute atomic E-state index is 11.6. The molecular weight excluding hydrogens is 308 g/mol. The highest BCUT2D eigenvalue weighted by molar-refractivity contribution is 9.10. The number of carbonyl (C=O) groups excluding carboxylic acids is 1. The fraction of sp³-hybridized carbons (Fsp3) is 0.200. The van der Waals surface area contributed by atoms with Crippen LogP contribution >= 0.6 is 15.9 Å². The number of pyridine rings is 1. The molecule has 0 spiro atoms. The smallest absolute Gasteiger partial charge is 0.326 e. The van der Waals surface area contributed by atoms with Crippen molar-refractivity contribution in [3.63, 3.8) is 0 Å². The van der Waals surface area contributed by atoms with E-state index >= 15 is 0 Å². The van der Waals surface area contributed by atoms with Crippen LogP contribution < -0.4 is 5.32 Å². The molecule has 1 heterocycles. The maximum Gasteiger partial charge on any atom is 0.326 e. The first-order valence-corrected chi connectivity index (χ1v) is 5.56. The molecule has 0 saturated heterocycles. The van der Waals surface area contributed by atoms with E-state index in [1.807, 2.05) is 0 Å². The van der Waals surface area contributed by atoms with Crippen LogP contribution in [-0.4, -0.2) is 39.1 Å². The molecule has 7 nitrogen and oxygen atoms in total. The average molecular weight is 317 g/mol. The van der Waals surface area contributed by atoms with Crippen molar-refractivity contribution in [1.29, 1.82) is 0 Å². The van der Waals surface area contributed by atoms with E-state index in [0.29, 0.717) is 4.47 Å². The zero-order chi connectivity index (χ0) is 13.7. The number of aliphatic carboxylic acids is 2. The molecule has 0 aliphatic carbocycles. The third-order valence-electron chi connectivity index (χ3n) is 1.94. The summed E-state index contributed by atoms with van der Waals surface area (Å²) in [6.45, 7) is 0. The van der Waals surface area contributed by atoms with Crippen molar-refractivity contribution >= 4 is 33.8 Å². The van der Waals surface area contributed by atoms with Crippen molar-refractivity contribution in [1.82, 2.24) is 10.3 Å². The predicted octanol–water partition coefficient (Wildman–Crippen LogP) is 0.502. The van der Waals surface area contributed by atoms with E-state index in [1.165, 1.54) is 12.3 Å². The summed E-state index contributed by atoms with van der Waals surface area (Å²) in [4.78, 5) is 36.6. The highest BCUT2D eigenvalue weighted by Crippen LogP contribution is 2.07. The number of nitrogens with zero attached hydrogens (tertiary/aromatic N) is 1. The molecule has 1 amide bonds. The van der Waals surface area contributed by atoms with E-state index in [1.54, 1.807) is 6.07 Å². The van der Waals surface area contributed by atoms with Crippen LogP contribution in [0.5, 0.6) is 0 Å². The number of carbonyl (C=O) groups is 3. The third-order valence-corrected chi connectivity index (χ3v) is 2.41. The zero-order valence-corrected chi connectivity index (χ0v) is 10.5. The van der Waals surface area contributed by atoms with Crippen molar-refractivity contribution in [3.05, 3.63) is 28.5 Å². The zero-order valence-electron chi connectivity index (χ0n) is 8.96. The van der Waals surface area contributed by atoms with E-state index < -0.39 is 30.3 Å². The summed E-state index contributed by atoms with van der Waals surface area (Å²) in [6, 6.07) is 1.47. The Bertz CT molecular complexity index is 474. The summed E-state index contributed by atoms with van der Waals surface area (Å²) >= 11 is 3.14. The number of nitrogens with one attached hydrogen (secondary N) is 1. The van der Waals surface area contributed by atoms with Gasteiger partial charge < -0.3 is 15.5 Å². The van der Waals surface area contributed by atoms with Crippen molar-refractivity contribution < 1.29 is 24.6 Å². The van der Waals surface area contributed by atoms with Crippen LogP contribution in [-0.2, 0) is 9.59 Å². The predicted molar refractivity (Wildman–Crippen MR) is 63.1 cm³/mol. The van der Waals surface area contributed by atoms with Gasteiger partial charge in [-0.3, -0.25) is 9.59 Å². The Balaban J connectivity index is 2.75. The van der Waals surface area contributed by atoms with Gasteiger partial charge in [0.15, 0.2) is 0 Å². The molecule has 0 aliphatic rings. The second-order valence-electron chi connectivity index (χ2n) is 3.32. The fourth-order valence-electron chi connectivity index (χ4n) is 1.12. The lowest BCUT2D eigenvalue weighted by atomic mass is 10.2. The average Bonchev–Trinajstić information content (AvgIpc) is 2.28. The van der Waals surface area contributed by atoms with Crippen LogP contribution in [0, 0.1) is 0 Å². The molecule has 0 radical (unpaired) electrons. The van der Waals surface area contributed by atoms with Gasteiger partial charge in [0.2, 0.25) is 0 Å². The summed E-state index contributed by atoms with van der Waals surface area (Å²) in [5.41, 5.74) is 0.00911. The lowest BCUT2D eigenvalue weighted by Crippen LogP contribution is -2.42. The quantitative estimate of drug-likeness (QED) is 0.728. The minimum Gasteiger partial charge on any atom is -0.481 e. The lowest BCUT2D eigenvalue weighted by molar-refractivity contribution is -0.145. The van der Waals surface area contributed by atoms with Crippen LogP contribution in [0.4, 0.5) is 0 Å². The van der Waals surface area contributed by atoms with Gasteiger partial charge in [0.05, 0.1) is 6.42 Å². The van der Waals surface area contributed by atoms with Crippen LogP contribution in [0.15, 0.2) is 22.8 Å². The van der Waals surface area contributed by atoms with Crippen LogP contribution in [0.2, 0.25) is 0 Å². The summed E-state index contributed by atoms with van der Waals surface area (Å²) in [5.74, 6) is -3.47. The first kappa shape index (κ1) is 14.1. The number of carboxylic acids is 2. The number of halogens is 1. The Morgan fingerprint density at radius 2 is 2.00 bits per heavy atom. The van der Waals surface area contributed by atoms with E-state index in [0.717, 1.165) is 0 Å². The molecule has 0 bridgehead atoms. The SMILES string of the molecule is O=C(O)C[C@@H](NC(=O)c1ccc(Br)cn1)C(=O)O. The summed E-state index contributed by atoms with van der Waals surface area (Å²) in [6.07, 6.45) is 0.680. The number of rotatable bonds is 5. The first-order chi connectivity index (χ1) is 8.40. The first-order valence-electron chi connectivity index (χ1n) is 4.77. The Kier molecular flexibility index (Phi) is 4.78. The monoisotopic (exact) mass is 316 g/mol. The van der Waals surface area contributed by atoms with Gasteiger partial charge in [0.1, 0.15) is 11.7 Å². The molecule has 0 aliphatic heterocycles. The van der Waals surface area contributed by atoms with E-state index in [9.17, 15) is 14.4 Å². The Labute approximate surface area is 110 Å². The van der Waals surface area contributed by atoms with Gasteiger partial charge >= 0.3 is 11.9 Å². The molecule has 1 aromatic heterocycles. The molecule has 0 saturated carbocycles. The highest BCUT2D eigenvalue weighted by atomic mass is 79.9. The lowest BCUT2D eigenvalue weighted by Gasteiger charge is -2.11. The molecule has 0 aromatic carbocycles. The number of carboxylic acid groups (broad SMARTS) is 2. The van der Waals surface area contributed by atoms with Crippen LogP contribution in [0.25, 0.3) is 0 Å². The molecule has 18 heavy (non-hydrogen) atoms. The molecule has 3 N–H and O–H groups in total.